The quantitative estimate of drug-likeness (QED) is 0.813. The summed E-state index contributed by atoms with van der Waals surface area (Å²) in [5, 5.41) is 13.0. The van der Waals surface area contributed by atoms with Crippen molar-refractivity contribution in [3.8, 4) is 0 Å². The first-order chi connectivity index (χ1) is 10.4. The van der Waals surface area contributed by atoms with Crippen molar-refractivity contribution in [3.63, 3.8) is 0 Å². The van der Waals surface area contributed by atoms with Crippen LogP contribution in [-0.4, -0.2) is 40.7 Å². The van der Waals surface area contributed by atoms with Crippen LogP contribution in [0, 0.1) is 5.92 Å². The molecule has 1 aromatic heterocycles. The van der Waals surface area contributed by atoms with E-state index in [1.165, 1.54) is 0 Å². The van der Waals surface area contributed by atoms with E-state index in [1.807, 2.05) is 0 Å². The molecule has 11 heteroatoms. The van der Waals surface area contributed by atoms with E-state index in [0.29, 0.717) is 0 Å². The number of aromatic nitrogens is 2. The lowest BCUT2D eigenvalue weighted by molar-refractivity contribution is -0.150. The number of sulfone groups is 1. The molecule has 23 heavy (non-hydrogen) atoms. The molecule has 1 saturated heterocycles. The van der Waals surface area contributed by atoms with E-state index < -0.39 is 51.6 Å². The van der Waals surface area contributed by atoms with Crippen LogP contribution in [0.2, 0.25) is 0 Å². The maximum Gasteiger partial charge on any atom is 0.435 e. The predicted octanol–water partition coefficient (Wildman–Crippen LogP) is 1.56. The molecule has 1 fully saturated rings. The molecule has 2 aliphatic rings. The molecule has 2 heterocycles. The largest absolute Gasteiger partial charge is 0.435 e. The van der Waals surface area contributed by atoms with Gasteiger partial charge in [-0.15, -0.1) is 0 Å². The molecule has 1 atom stereocenters. The number of aliphatic hydroxyl groups is 1. The first-order valence-corrected chi connectivity index (χ1v) is 8.66. The van der Waals surface area contributed by atoms with Crippen molar-refractivity contribution in [2.24, 2.45) is 5.92 Å². The molecular weight excluding hydrogens is 347 g/mol. The number of fused-ring (bicyclic) bond motifs is 1. The van der Waals surface area contributed by atoms with Gasteiger partial charge in [0.1, 0.15) is 6.10 Å². The second kappa shape index (κ2) is 4.88. The van der Waals surface area contributed by atoms with Gasteiger partial charge < -0.3 is 5.11 Å². The van der Waals surface area contributed by atoms with Crippen molar-refractivity contribution in [2.45, 2.75) is 37.6 Å². The molecule has 130 valence electrons. The number of rotatable bonds is 2. The van der Waals surface area contributed by atoms with E-state index in [0.717, 1.165) is 4.68 Å². The van der Waals surface area contributed by atoms with Crippen LogP contribution < -0.4 is 0 Å². The Balaban J connectivity index is 2.00. The minimum Gasteiger partial charge on any atom is -0.382 e. The Kier molecular flexibility index (Phi) is 3.53. The predicted molar refractivity (Wildman–Crippen MR) is 67.6 cm³/mol. The number of hydrogen-bond acceptors (Lipinski definition) is 4. The average Bonchev–Trinajstić information content (AvgIpc) is 2.71. The standard InChI is InChI=1S/C12H13F5N2O3S/c13-11(14)2-1-7-8(10(11)20)9(12(15,16)17)18-19(7)3-6-4-23(21,22)5-6/h6,10,20H,1-5H2. The molecule has 1 unspecified atom stereocenters. The number of alkyl halides is 5. The van der Waals surface area contributed by atoms with Crippen LogP contribution in [0.25, 0.3) is 0 Å². The summed E-state index contributed by atoms with van der Waals surface area (Å²) >= 11 is 0. The van der Waals surface area contributed by atoms with E-state index in [1.54, 1.807) is 0 Å². The molecule has 5 nitrogen and oxygen atoms in total. The fourth-order valence-electron chi connectivity index (χ4n) is 3.07. The summed E-state index contributed by atoms with van der Waals surface area (Å²) in [6.07, 6.45) is -8.69. The lowest BCUT2D eigenvalue weighted by Gasteiger charge is -2.30. The van der Waals surface area contributed by atoms with Gasteiger partial charge in [0.15, 0.2) is 15.5 Å². The molecule has 3 rings (SSSR count). The number of hydrogen-bond donors (Lipinski definition) is 1. The normalized spacial score (nSPS) is 26.6. The van der Waals surface area contributed by atoms with Crippen molar-refractivity contribution < 1.29 is 35.5 Å². The molecule has 0 radical (unpaired) electrons. The summed E-state index contributed by atoms with van der Waals surface area (Å²) in [5.74, 6) is -4.38. The molecule has 0 amide bonds. The Hall–Kier alpha value is -1.23. The van der Waals surface area contributed by atoms with E-state index in [4.69, 9.17) is 0 Å². The van der Waals surface area contributed by atoms with E-state index in [-0.39, 0.29) is 30.2 Å². The summed E-state index contributed by atoms with van der Waals surface area (Å²) in [5.41, 5.74) is -2.52. The Morgan fingerprint density at radius 1 is 1.30 bits per heavy atom. The summed E-state index contributed by atoms with van der Waals surface area (Å²) in [4.78, 5) is 0. The van der Waals surface area contributed by atoms with Gasteiger partial charge in [0, 0.05) is 30.1 Å². The van der Waals surface area contributed by atoms with Gasteiger partial charge in [-0.1, -0.05) is 0 Å². The highest BCUT2D eigenvalue weighted by atomic mass is 32.2. The molecule has 1 N–H and O–H groups in total. The van der Waals surface area contributed by atoms with Crippen LogP contribution >= 0.6 is 0 Å². The summed E-state index contributed by atoms with van der Waals surface area (Å²) in [6.45, 7) is -0.101. The first-order valence-electron chi connectivity index (χ1n) is 6.84. The van der Waals surface area contributed by atoms with E-state index in [9.17, 15) is 35.5 Å². The maximum atomic E-state index is 13.6. The highest BCUT2D eigenvalue weighted by Gasteiger charge is 2.51. The second-order valence-electron chi connectivity index (χ2n) is 6.00. The van der Waals surface area contributed by atoms with Crippen molar-refractivity contribution in [3.05, 3.63) is 17.0 Å². The van der Waals surface area contributed by atoms with Gasteiger partial charge in [-0.2, -0.15) is 18.3 Å². The van der Waals surface area contributed by atoms with Crippen LogP contribution in [0.5, 0.6) is 0 Å². The van der Waals surface area contributed by atoms with Gasteiger partial charge in [0.05, 0.1) is 11.5 Å². The van der Waals surface area contributed by atoms with Gasteiger partial charge >= 0.3 is 6.18 Å². The molecule has 0 bridgehead atoms. The summed E-state index contributed by atoms with van der Waals surface area (Å²) in [6, 6.07) is 0. The third-order valence-corrected chi connectivity index (χ3v) is 6.10. The van der Waals surface area contributed by atoms with Crippen molar-refractivity contribution in [2.75, 3.05) is 11.5 Å². The third kappa shape index (κ3) is 2.84. The zero-order valence-corrected chi connectivity index (χ0v) is 12.5. The van der Waals surface area contributed by atoms with Gasteiger partial charge in [-0.05, 0) is 6.42 Å². The fraction of sp³-hybridized carbons (Fsp3) is 0.750. The number of aliphatic hydroxyl groups excluding tert-OH is 1. The van der Waals surface area contributed by atoms with Crippen LogP contribution in [0.3, 0.4) is 0 Å². The minimum absolute atomic E-state index is 0.0972. The number of nitrogens with zero attached hydrogens (tertiary/aromatic N) is 2. The lowest BCUT2D eigenvalue weighted by Crippen LogP contribution is -2.39. The van der Waals surface area contributed by atoms with Crippen LogP contribution in [-0.2, 0) is 29.0 Å². The highest BCUT2D eigenvalue weighted by Crippen LogP contribution is 2.46. The molecule has 1 aliphatic heterocycles. The number of halogens is 5. The van der Waals surface area contributed by atoms with Gasteiger partial charge in [0.2, 0.25) is 0 Å². The zero-order valence-electron chi connectivity index (χ0n) is 11.6. The fourth-order valence-corrected chi connectivity index (χ4v) is 4.62. The van der Waals surface area contributed by atoms with Gasteiger partial charge in [0.25, 0.3) is 5.92 Å². The summed E-state index contributed by atoms with van der Waals surface area (Å²) in [7, 11) is -3.16. The van der Waals surface area contributed by atoms with E-state index in [2.05, 4.69) is 5.10 Å². The topological polar surface area (TPSA) is 72.2 Å². The highest BCUT2D eigenvalue weighted by molar-refractivity contribution is 7.92. The van der Waals surface area contributed by atoms with Crippen LogP contribution in [0.15, 0.2) is 0 Å². The Morgan fingerprint density at radius 2 is 1.91 bits per heavy atom. The van der Waals surface area contributed by atoms with Gasteiger partial charge in [-0.3, -0.25) is 4.68 Å². The Labute approximate surface area is 128 Å². The molecule has 0 spiro atoms. The smallest absolute Gasteiger partial charge is 0.382 e. The van der Waals surface area contributed by atoms with E-state index >= 15 is 0 Å². The monoisotopic (exact) mass is 360 g/mol. The van der Waals surface area contributed by atoms with Crippen LogP contribution in [0.1, 0.15) is 29.5 Å². The average molecular weight is 360 g/mol. The second-order valence-corrected chi connectivity index (χ2v) is 8.15. The first kappa shape index (κ1) is 16.6. The van der Waals surface area contributed by atoms with Crippen molar-refractivity contribution in [1.29, 1.82) is 0 Å². The molecule has 1 aromatic rings. The third-order valence-electron chi connectivity index (χ3n) is 4.15. The SMILES string of the molecule is O=S1(=O)CC(Cn2nc(C(F)(F)F)c3c2CCC(F)(F)C3O)C1. The molecule has 1 aliphatic carbocycles. The maximum absolute atomic E-state index is 13.6. The molecule has 0 aromatic carbocycles. The van der Waals surface area contributed by atoms with Gasteiger partial charge in [-0.25, -0.2) is 17.2 Å². The lowest BCUT2D eigenvalue weighted by atomic mass is 9.89. The van der Waals surface area contributed by atoms with Crippen molar-refractivity contribution >= 4 is 9.84 Å². The minimum atomic E-state index is -4.98. The Morgan fingerprint density at radius 3 is 2.43 bits per heavy atom. The zero-order chi connectivity index (χ0) is 17.2. The van der Waals surface area contributed by atoms with Crippen molar-refractivity contribution in [1.82, 2.24) is 9.78 Å². The molecular formula is C12H13F5N2O3S. The van der Waals surface area contributed by atoms with Crippen LogP contribution in [0.4, 0.5) is 22.0 Å². The summed E-state index contributed by atoms with van der Waals surface area (Å²) < 4.78 is 89.4. The Bertz CT molecular complexity index is 729. The molecule has 0 saturated carbocycles.